The molecule has 7 nitrogen and oxygen atoms in total. The predicted molar refractivity (Wildman–Crippen MR) is 99.8 cm³/mol. The van der Waals surface area contributed by atoms with Gasteiger partial charge in [-0.05, 0) is 24.3 Å². The van der Waals surface area contributed by atoms with Crippen LogP contribution in [0.15, 0.2) is 42.6 Å². The quantitative estimate of drug-likeness (QED) is 0.889. The number of methoxy groups -OCH3 is 2. The number of aromatic nitrogens is 1. The average molecular weight is 356 g/mol. The maximum Gasteiger partial charge on any atom is 0.317 e. The molecule has 1 fully saturated rings. The van der Waals surface area contributed by atoms with E-state index in [9.17, 15) is 4.79 Å². The van der Waals surface area contributed by atoms with Gasteiger partial charge in [0, 0.05) is 44.1 Å². The Morgan fingerprint density at radius 3 is 2.50 bits per heavy atom. The highest BCUT2D eigenvalue weighted by Gasteiger charge is 2.22. The fourth-order valence-electron chi connectivity index (χ4n) is 2.97. The van der Waals surface area contributed by atoms with Gasteiger partial charge in [-0.15, -0.1) is 0 Å². The van der Waals surface area contributed by atoms with Crippen LogP contribution in [-0.2, 0) is 6.54 Å². The number of nitrogens with zero attached hydrogens (tertiary/aromatic N) is 3. The number of benzene rings is 1. The number of carbonyl (C=O) groups excluding carboxylic acids is 1. The van der Waals surface area contributed by atoms with Gasteiger partial charge < -0.3 is 24.6 Å². The second-order valence-corrected chi connectivity index (χ2v) is 5.99. The van der Waals surface area contributed by atoms with Crippen molar-refractivity contribution in [3.05, 3.63) is 48.3 Å². The lowest BCUT2D eigenvalue weighted by atomic mass is 10.2. The zero-order chi connectivity index (χ0) is 18.4. The minimum Gasteiger partial charge on any atom is -0.493 e. The molecule has 7 heteroatoms. The molecule has 2 aromatic rings. The molecular weight excluding hydrogens is 332 g/mol. The van der Waals surface area contributed by atoms with Gasteiger partial charge in [-0.1, -0.05) is 6.07 Å². The maximum absolute atomic E-state index is 12.3. The SMILES string of the molecule is COc1ccc(N2CCN(C(=O)NCc3ccccn3)CC2)cc1OC. The van der Waals surface area contributed by atoms with Crippen LogP contribution in [0.2, 0.25) is 0 Å². The Kier molecular flexibility index (Phi) is 5.78. The fraction of sp³-hybridized carbons (Fsp3) is 0.368. The van der Waals surface area contributed by atoms with E-state index >= 15 is 0 Å². The number of ether oxygens (including phenoxy) is 2. The molecule has 1 aromatic heterocycles. The van der Waals surface area contributed by atoms with Crippen LogP contribution in [0.4, 0.5) is 10.5 Å². The third kappa shape index (κ3) is 4.17. The smallest absolute Gasteiger partial charge is 0.317 e. The molecule has 2 heterocycles. The molecule has 0 spiro atoms. The first-order chi connectivity index (χ1) is 12.7. The molecule has 1 aliphatic heterocycles. The van der Waals surface area contributed by atoms with Crippen LogP contribution < -0.4 is 19.7 Å². The first-order valence-electron chi connectivity index (χ1n) is 8.61. The van der Waals surface area contributed by atoms with Gasteiger partial charge in [0.15, 0.2) is 11.5 Å². The van der Waals surface area contributed by atoms with Crippen LogP contribution in [0.1, 0.15) is 5.69 Å². The predicted octanol–water partition coefficient (Wildman–Crippen LogP) is 2.13. The van der Waals surface area contributed by atoms with Crippen LogP contribution in [0, 0.1) is 0 Å². The Bertz CT molecular complexity index is 731. The molecule has 0 saturated carbocycles. The van der Waals surface area contributed by atoms with Crippen molar-refractivity contribution in [3.63, 3.8) is 0 Å². The number of pyridine rings is 1. The van der Waals surface area contributed by atoms with E-state index in [0.717, 1.165) is 24.5 Å². The Morgan fingerprint density at radius 2 is 1.85 bits per heavy atom. The molecule has 1 saturated heterocycles. The summed E-state index contributed by atoms with van der Waals surface area (Å²) in [5.74, 6) is 1.42. The van der Waals surface area contributed by atoms with Gasteiger partial charge in [0.25, 0.3) is 0 Å². The van der Waals surface area contributed by atoms with Crippen molar-refractivity contribution in [1.82, 2.24) is 15.2 Å². The van der Waals surface area contributed by atoms with Crippen LogP contribution in [0.25, 0.3) is 0 Å². The molecule has 0 atom stereocenters. The topological polar surface area (TPSA) is 66.9 Å². The molecule has 1 N–H and O–H groups in total. The molecule has 0 bridgehead atoms. The molecule has 1 aliphatic rings. The van der Waals surface area contributed by atoms with Crippen molar-refractivity contribution in [2.45, 2.75) is 6.54 Å². The third-order valence-corrected chi connectivity index (χ3v) is 4.45. The first-order valence-corrected chi connectivity index (χ1v) is 8.61. The Labute approximate surface area is 153 Å². The number of anilines is 1. The van der Waals surface area contributed by atoms with E-state index in [2.05, 4.69) is 15.2 Å². The second kappa shape index (κ2) is 8.42. The van der Waals surface area contributed by atoms with Gasteiger partial charge in [-0.3, -0.25) is 4.98 Å². The van der Waals surface area contributed by atoms with Crippen LogP contribution in [-0.4, -0.2) is 56.3 Å². The van der Waals surface area contributed by atoms with Crippen molar-refractivity contribution in [3.8, 4) is 11.5 Å². The summed E-state index contributed by atoms with van der Waals surface area (Å²) in [6.45, 7) is 3.32. The molecule has 0 aliphatic carbocycles. The minimum absolute atomic E-state index is 0.0531. The zero-order valence-electron chi connectivity index (χ0n) is 15.1. The van der Waals surface area contributed by atoms with Crippen LogP contribution >= 0.6 is 0 Å². The molecule has 3 rings (SSSR count). The van der Waals surface area contributed by atoms with Gasteiger partial charge in [-0.2, -0.15) is 0 Å². The van der Waals surface area contributed by atoms with Crippen molar-refractivity contribution < 1.29 is 14.3 Å². The lowest BCUT2D eigenvalue weighted by Crippen LogP contribution is -2.51. The number of hydrogen-bond donors (Lipinski definition) is 1. The van der Waals surface area contributed by atoms with Gasteiger partial charge >= 0.3 is 6.03 Å². The van der Waals surface area contributed by atoms with Crippen molar-refractivity contribution in [2.24, 2.45) is 0 Å². The van der Waals surface area contributed by atoms with Gasteiger partial charge in [0.05, 0.1) is 26.5 Å². The fourth-order valence-corrected chi connectivity index (χ4v) is 2.97. The molecule has 26 heavy (non-hydrogen) atoms. The lowest BCUT2D eigenvalue weighted by molar-refractivity contribution is 0.194. The van der Waals surface area contributed by atoms with Gasteiger partial charge in [-0.25, -0.2) is 4.79 Å². The lowest BCUT2D eigenvalue weighted by Gasteiger charge is -2.36. The van der Waals surface area contributed by atoms with E-state index in [1.165, 1.54) is 0 Å². The number of hydrogen-bond acceptors (Lipinski definition) is 5. The summed E-state index contributed by atoms with van der Waals surface area (Å²) in [5, 5.41) is 2.93. The Balaban J connectivity index is 1.53. The highest BCUT2D eigenvalue weighted by molar-refractivity contribution is 5.74. The van der Waals surface area contributed by atoms with E-state index < -0.39 is 0 Å². The summed E-state index contributed by atoms with van der Waals surface area (Å²) < 4.78 is 10.6. The van der Waals surface area contributed by atoms with E-state index in [4.69, 9.17) is 9.47 Å². The summed E-state index contributed by atoms with van der Waals surface area (Å²) in [5.41, 5.74) is 1.92. The first kappa shape index (κ1) is 17.8. The number of carbonyl (C=O) groups is 1. The van der Waals surface area contributed by atoms with E-state index in [1.54, 1.807) is 20.4 Å². The molecular formula is C19H24N4O3. The number of urea groups is 1. The third-order valence-electron chi connectivity index (χ3n) is 4.45. The summed E-state index contributed by atoms with van der Waals surface area (Å²) in [7, 11) is 3.26. The summed E-state index contributed by atoms with van der Waals surface area (Å²) in [6, 6.07) is 11.5. The van der Waals surface area contributed by atoms with Gasteiger partial charge in [0.2, 0.25) is 0 Å². The number of nitrogens with one attached hydrogen (secondary N) is 1. The summed E-state index contributed by atoms with van der Waals surface area (Å²) in [6.07, 6.45) is 1.73. The van der Waals surface area contributed by atoms with E-state index in [1.807, 2.05) is 41.3 Å². The Hall–Kier alpha value is -2.96. The standard InChI is InChI=1S/C19H24N4O3/c1-25-17-7-6-16(13-18(17)26-2)22-9-11-23(12-10-22)19(24)21-14-15-5-3-4-8-20-15/h3-8,13H,9-12,14H2,1-2H3,(H,21,24). The minimum atomic E-state index is -0.0531. The summed E-state index contributed by atoms with van der Waals surface area (Å²) >= 11 is 0. The van der Waals surface area contributed by atoms with Crippen molar-refractivity contribution >= 4 is 11.7 Å². The molecule has 2 amide bonds. The maximum atomic E-state index is 12.3. The number of amides is 2. The highest BCUT2D eigenvalue weighted by Crippen LogP contribution is 2.31. The Morgan fingerprint density at radius 1 is 1.08 bits per heavy atom. The zero-order valence-corrected chi connectivity index (χ0v) is 15.1. The normalized spacial score (nSPS) is 14.1. The summed E-state index contributed by atoms with van der Waals surface area (Å²) in [4.78, 5) is 20.6. The second-order valence-electron chi connectivity index (χ2n) is 5.99. The molecule has 1 aromatic carbocycles. The number of rotatable bonds is 5. The molecule has 0 unspecified atom stereocenters. The molecule has 138 valence electrons. The molecule has 0 radical (unpaired) electrons. The average Bonchev–Trinajstić information content (AvgIpc) is 2.72. The number of piperazine rings is 1. The monoisotopic (exact) mass is 356 g/mol. The van der Waals surface area contributed by atoms with Crippen molar-refractivity contribution in [2.75, 3.05) is 45.3 Å². The highest BCUT2D eigenvalue weighted by atomic mass is 16.5. The van der Waals surface area contributed by atoms with E-state index in [-0.39, 0.29) is 6.03 Å². The van der Waals surface area contributed by atoms with Crippen LogP contribution in [0.3, 0.4) is 0 Å². The van der Waals surface area contributed by atoms with Crippen LogP contribution in [0.5, 0.6) is 11.5 Å². The van der Waals surface area contributed by atoms with Crippen molar-refractivity contribution in [1.29, 1.82) is 0 Å². The van der Waals surface area contributed by atoms with E-state index in [0.29, 0.717) is 31.1 Å². The van der Waals surface area contributed by atoms with Gasteiger partial charge in [0.1, 0.15) is 0 Å². The largest absolute Gasteiger partial charge is 0.493 e.